The van der Waals surface area contributed by atoms with Gasteiger partial charge in [-0.05, 0) is 36.2 Å². The third-order valence-electron chi connectivity index (χ3n) is 2.14. The van der Waals surface area contributed by atoms with Gasteiger partial charge in [-0.15, -0.1) is 24.0 Å². The fraction of sp³-hybridized carbons (Fsp3) is 0.583. The number of rotatable bonds is 6. The molecule has 1 heterocycles. The average molecular weight is 383 g/mol. The van der Waals surface area contributed by atoms with Crippen LogP contribution < -0.4 is 10.6 Å². The maximum atomic E-state index is 5.09. The summed E-state index contributed by atoms with van der Waals surface area (Å²) < 4.78 is 5.09. The van der Waals surface area contributed by atoms with Crippen LogP contribution in [0.2, 0.25) is 0 Å². The van der Waals surface area contributed by atoms with Crippen LogP contribution in [-0.2, 0) is 11.3 Å². The van der Waals surface area contributed by atoms with Gasteiger partial charge in [-0.2, -0.15) is 11.3 Å². The molecule has 4 nitrogen and oxygen atoms in total. The zero-order chi connectivity index (χ0) is 12.5. The van der Waals surface area contributed by atoms with Crippen molar-refractivity contribution in [2.75, 3.05) is 20.3 Å². The largest absolute Gasteiger partial charge is 0.383 e. The van der Waals surface area contributed by atoms with Crippen molar-refractivity contribution < 1.29 is 4.74 Å². The number of nitrogens with one attached hydrogen (secondary N) is 2. The van der Waals surface area contributed by atoms with Crippen LogP contribution in [0.25, 0.3) is 0 Å². The lowest BCUT2D eigenvalue weighted by Crippen LogP contribution is -2.43. The van der Waals surface area contributed by atoms with E-state index in [4.69, 9.17) is 4.74 Å². The Kier molecular flexibility index (Phi) is 10.4. The van der Waals surface area contributed by atoms with Crippen LogP contribution in [-0.4, -0.2) is 32.3 Å². The van der Waals surface area contributed by atoms with Crippen LogP contribution in [0, 0.1) is 0 Å². The molecule has 0 fully saturated rings. The molecule has 0 bridgehead atoms. The molecule has 6 heteroatoms. The Labute approximate surface area is 130 Å². The Morgan fingerprint density at radius 1 is 1.56 bits per heavy atom. The number of aliphatic imine (C=N–C) groups is 1. The quantitative estimate of drug-likeness (QED) is 0.451. The second-order valence-corrected chi connectivity index (χ2v) is 4.61. The lowest BCUT2D eigenvalue weighted by molar-refractivity contribution is 0.179. The van der Waals surface area contributed by atoms with Gasteiger partial charge in [0.15, 0.2) is 5.96 Å². The first-order valence-electron chi connectivity index (χ1n) is 5.81. The Morgan fingerprint density at radius 3 is 2.89 bits per heavy atom. The molecule has 0 amide bonds. The molecule has 0 aliphatic carbocycles. The fourth-order valence-corrected chi connectivity index (χ4v) is 2.06. The Balaban J connectivity index is 0.00000289. The van der Waals surface area contributed by atoms with Crippen LogP contribution in [0.1, 0.15) is 19.4 Å². The molecule has 2 N–H and O–H groups in total. The summed E-state index contributed by atoms with van der Waals surface area (Å²) in [5, 5.41) is 10.7. The lowest BCUT2D eigenvalue weighted by Gasteiger charge is -2.16. The van der Waals surface area contributed by atoms with E-state index in [0.717, 1.165) is 12.5 Å². The number of hydrogen-bond acceptors (Lipinski definition) is 3. The van der Waals surface area contributed by atoms with Crippen LogP contribution in [0.4, 0.5) is 0 Å². The molecule has 0 saturated carbocycles. The normalized spacial score (nSPS) is 12.7. The summed E-state index contributed by atoms with van der Waals surface area (Å²) in [5.41, 5.74) is 1.24. The summed E-state index contributed by atoms with van der Waals surface area (Å²) in [4.78, 5) is 4.52. The minimum atomic E-state index is 0. The van der Waals surface area contributed by atoms with Gasteiger partial charge in [0.05, 0.1) is 13.2 Å². The summed E-state index contributed by atoms with van der Waals surface area (Å²) in [6, 6.07) is 2.34. The maximum Gasteiger partial charge on any atom is 0.191 e. The third kappa shape index (κ3) is 7.17. The van der Waals surface area contributed by atoms with E-state index < -0.39 is 0 Å². The molecule has 0 aliphatic heterocycles. The van der Waals surface area contributed by atoms with Gasteiger partial charge in [0.25, 0.3) is 0 Å². The van der Waals surface area contributed by atoms with E-state index in [1.54, 1.807) is 18.4 Å². The highest BCUT2D eigenvalue weighted by atomic mass is 127. The van der Waals surface area contributed by atoms with Crippen LogP contribution in [0.15, 0.2) is 21.8 Å². The fourth-order valence-electron chi connectivity index (χ4n) is 1.40. The standard InChI is InChI=1S/C12H21N3OS.HI/c1-4-13-12(15-10(2)8-16-3)14-7-11-5-6-17-9-11;/h5-6,9-10H,4,7-8H2,1-3H3,(H2,13,14,15);1H. The van der Waals surface area contributed by atoms with Crippen LogP contribution >= 0.6 is 35.3 Å². The Hall–Kier alpha value is -0.340. The predicted octanol–water partition coefficient (Wildman–Crippen LogP) is 2.46. The SMILES string of the molecule is CCNC(=NCc1ccsc1)NC(C)COC.I. The third-order valence-corrected chi connectivity index (χ3v) is 2.88. The van der Waals surface area contributed by atoms with Gasteiger partial charge >= 0.3 is 0 Å². The lowest BCUT2D eigenvalue weighted by atomic mass is 10.3. The first-order chi connectivity index (χ1) is 8.26. The van der Waals surface area contributed by atoms with Crippen molar-refractivity contribution in [1.82, 2.24) is 10.6 Å². The molecule has 1 unspecified atom stereocenters. The molecule has 1 aromatic rings. The summed E-state index contributed by atoms with van der Waals surface area (Å²) in [5.74, 6) is 0.836. The van der Waals surface area contributed by atoms with Crippen molar-refractivity contribution in [2.45, 2.75) is 26.4 Å². The predicted molar refractivity (Wildman–Crippen MR) is 89.0 cm³/mol. The Morgan fingerprint density at radius 2 is 2.33 bits per heavy atom. The van der Waals surface area contributed by atoms with Crippen molar-refractivity contribution >= 4 is 41.3 Å². The average Bonchev–Trinajstić information content (AvgIpc) is 2.79. The molecule has 0 saturated heterocycles. The van der Waals surface area contributed by atoms with E-state index in [9.17, 15) is 0 Å². The van der Waals surface area contributed by atoms with Crippen molar-refractivity contribution in [3.8, 4) is 0 Å². The van der Waals surface area contributed by atoms with Gasteiger partial charge < -0.3 is 15.4 Å². The zero-order valence-electron chi connectivity index (χ0n) is 11.1. The molecule has 1 atom stereocenters. The minimum Gasteiger partial charge on any atom is -0.383 e. The van der Waals surface area contributed by atoms with Crippen LogP contribution in [0.5, 0.6) is 0 Å². The topological polar surface area (TPSA) is 45.7 Å². The summed E-state index contributed by atoms with van der Waals surface area (Å²) >= 11 is 1.70. The maximum absolute atomic E-state index is 5.09. The molecule has 18 heavy (non-hydrogen) atoms. The van der Waals surface area contributed by atoms with Gasteiger partial charge in [0.2, 0.25) is 0 Å². The van der Waals surface area contributed by atoms with Gasteiger partial charge in [0, 0.05) is 19.7 Å². The molecule has 1 rings (SSSR count). The molecular formula is C12H22IN3OS. The highest BCUT2D eigenvalue weighted by Gasteiger charge is 2.04. The number of halogens is 1. The molecule has 104 valence electrons. The van der Waals surface area contributed by atoms with E-state index in [2.05, 4.69) is 46.3 Å². The molecule has 0 aliphatic rings. The van der Waals surface area contributed by atoms with E-state index in [1.807, 2.05) is 0 Å². The van der Waals surface area contributed by atoms with Gasteiger partial charge in [-0.3, -0.25) is 0 Å². The monoisotopic (exact) mass is 383 g/mol. The van der Waals surface area contributed by atoms with Gasteiger partial charge in [-0.25, -0.2) is 4.99 Å². The molecule has 0 spiro atoms. The van der Waals surface area contributed by atoms with Crippen molar-refractivity contribution in [2.24, 2.45) is 4.99 Å². The summed E-state index contributed by atoms with van der Waals surface area (Å²) in [7, 11) is 1.70. The minimum absolute atomic E-state index is 0. The first kappa shape index (κ1) is 17.7. The smallest absolute Gasteiger partial charge is 0.191 e. The second-order valence-electron chi connectivity index (χ2n) is 3.83. The van der Waals surface area contributed by atoms with E-state index in [-0.39, 0.29) is 30.0 Å². The van der Waals surface area contributed by atoms with Gasteiger partial charge in [0.1, 0.15) is 0 Å². The highest BCUT2D eigenvalue weighted by Crippen LogP contribution is 2.06. The number of methoxy groups -OCH3 is 1. The van der Waals surface area contributed by atoms with Crippen molar-refractivity contribution in [3.63, 3.8) is 0 Å². The molecular weight excluding hydrogens is 361 g/mol. The first-order valence-corrected chi connectivity index (χ1v) is 6.75. The van der Waals surface area contributed by atoms with Crippen molar-refractivity contribution in [1.29, 1.82) is 0 Å². The molecule has 1 aromatic heterocycles. The van der Waals surface area contributed by atoms with E-state index in [0.29, 0.717) is 13.2 Å². The number of thiophene rings is 1. The number of nitrogens with zero attached hydrogens (tertiary/aromatic N) is 1. The second kappa shape index (κ2) is 10.6. The Bertz CT molecular complexity index is 330. The van der Waals surface area contributed by atoms with Crippen LogP contribution in [0.3, 0.4) is 0 Å². The number of guanidine groups is 1. The molecule has 0 radical (unpaired) electrons. The summed E-state index contributed by atoms with van der Waals surface area (Å²) in [6.45, 7) is 6.36. The van der Waals surface area contributed by atoms with Crippen molar-refractivity contribution in [3.05, 3.63) is 22.4 Å². The number of ether oxygens (including phenoxy) is 1. The number of hydrogen-bond donors (Lipinski definition) is 2. The highest BCUT2D eigenvalue weighted by molar-refractivity contribution is 14.0. The summed E-state index contributed by atoms with van der Waals surface area (Å²) in [6.07, 6.45) is 0. The zero-order valence-corrected chi connectivity index (χ0v) is 14.2. The van der Waals surface area contributed by atoms with E-state index in [1.165, 1.54) is 5.56 Å². The molecule has 0 aromatic carbocycles. The van der Waals surface area contributed by atoms with Gasteiger partial charge in [-0.1, -0.05) is 0 Å². The van der Waals surface area contributed by atoms with E-state index >= 15 is 0 Å².